The number of rotatable bonds is 4. The summed E-state index contributed by atoms with van der Waals surface area (Å²) in [5.41, 5.74) is 1.80. The van der Waals surface area contributed by atoms with Gasteiger partial charge in [-0.15, -0.1) is 0 Å². The zero-order valence-corrected chi connectivity index (χ0v) is 15.6. The largest absolute Gasteiger partial charge is 0.339 e. The lowest BCUT2D eigenvalue weighted by molar-refractivity contribution is -0.130. The highest BCUT2D eigenvalue weighted by atomic mass is 32.1. The number of amides is 1. The van der Waals surface area contributed by atoms with E-state index in [1.54, 1.807) is 17.4 Å². The number of aromatic nitrogens is 4. The summed E-state index contributed by atoms with van der Waals surface area (Å²) in [6, 6.07) is 3.60. The molecule has 0 unspecified atom stereocenters. The van der Waals surface area contributed by atoms with Crippen molar-refractivity contribution < 1.29 is 4.79 Å². The lowest BCUT2D eigenvalue weighted by atomic mass is 10.2. The molecular formula is C18H20N6O2S. The quantitative estimate of drug-likeness (QED) is 0.732. The molecule has 1 amide bonds. The van der Waals surface area contributed by atoms with Crippen LogP contribution in [0.25, 0.3) is 5.78 Å². The third-order valence-corrected chi connectivity index (χ3v) is 5.93. The maximum Gasteiger partial charge on any atom is 0.274 e. The van der Waals surface area contributed by atoms with Gasteiger partial charge in [0.25, 0.3) is 11.3 Å². The molecule has 3 aromatic rings. The van der Waals surface area contributed by atoms with E-state index in [9.17, 15) is 9.59 Å². The average molecular weight is 384 g/mol. The summed E-state index contributed by atoms with van der Waals surface area (Å²) >= 11 is 1.61. The van der Waals surface area contributed by atoms with Crippen molar-refractivity contribution in [3.8, 4) is 0 Å². The maximum absolute atomic E-state index is 12.4. The molecule has 1 saturated heterocycles. The third-order valence-electron chi connectivity index (χ3n) is 5.20. The minimum absolute atomic E-state index is 0.120. The minimum atomic E-state index is -0.120. The Morgan fingerprint density at radius 1 is 1.22 bits per heavy atom. The average Bonchev–Trinajstić information content (AvgIpc) is 3.23. The number of fused-ring (bicyclic) bond motifs is 1. The molecule has 27 heavy (non-hydrogen) atoms. The fraction of sp³-hybridized carbons (Fsp3) is 0.444. The molecule has 2 aliphatic rings. The molecule has 5 rings (SSSR count). The monoisotopic (exact) mass is 384 g/mol. The summed E-state index contributed by atoms with van der Waals surface area (Å²) in [5.74, 6) is 1.64. The van der Waals surface area contributed by atoms with Gasteiger partial charge in [-0.05, 0) is 35.2 Å². The molecule has 0 bridgehead atoms. The third kappa shape index (κ3) is 3.23. The van der Waals surface area contributed by atoms with E-state index < -0.39 is 0 Å². The van der Waals surface area contributed by atoms with Crippen LogP contribution in [0.15, 0.2) is 27.7 Å². The van der Waals surface area contributed by atoms with Crippen LogP contribution in [0.3, 0.4) is 0 Å². The highest BCUT2D eigenvalue weighted by Crippen LogP contribution is 2.38. The molecule has 0 atom stereocenters. The molecule has 3 aromatic heterocycles. The lowest BCUT2D eigenvalue weighted by Gasteiger charge is -2.34. The van der Waals surface area contributed by atoms with Gasteiger partial charge >= 0.3 is 0 Å². The molecule has 9 heteroatoms. The molecular weight excluding hydrogens is 364 g/mol. The van der Waals surface area contributed by atoms with E-state index in [1.807, 2.05) is 21.7 Å². The van der Waals surface area contributed by atoms with Gasteiger partial charge in [-0.25, -0.2) is 4.98 Å². The Labute approximate surface area is 159 Å². The van der Waals surface area contributed by atoms with Crippen LogP contribution in [0.4, 0.5) is 5.95 Å². The van der Waals surface area contributed by atoms with Gasteiger partial charge in [0.05, 0.1) is 12.1 Å². The summed E-state index contributed by atoms with van der Waals surface area (Å²) in [6.45, 7) is 2.66. The Morgan fingerprint density at radius 2 is 2.04 bits per heavy atom. The topological polar surface area (TPSA) is 86.6 Å². The van der Waals surface area contributed by atoms with Crippen LogP contribution < -0.4 is 10.5 Å². The number of aromatic amines is 1. The Bertz CT molecular complexity index is 1030. The van der Waals surface area contributed by atoms with E-state index in [2.05, 4.69) is 20.0 Å². The van der Waals surface area contributed by atoms with Crippen LogP contribution in [-0.4, -0.2) is 56.6 Å². The fourth-order valence-electron chi connectivity index (χ4n) is 3.46. The fourth-order valence-corrected chi connectivity index (χ4v) is 4.13. The summed E-state index contributed by atoms with van der Waals surface area (Å²) in [5, 5.41) is 7.06. The second-order valence-electron chi connectivity index (χ2n) is 7.15. The number of nitrogens with zero attached hydrogens (tertiary/aromatic N) is 5. The number of carbonyl (C=O) groups excluding carboxylic acids is 1. The van der Waals surface area contributed by atoms with Crippen molar-refractivity contribution in [3.05, 3.63) is 44.5 Å². The van der Waals surface area contributed by atoms with Crippen LogP contribution >= 0.6 is 11.3 Å². The standard InChI is InChI=1S/C18H20N6O2S/c25-15(9-12-3-8-27-11-12)22-4-6-23(7-5-22)18-20-17-19-14(13-1-2-13)10-16(26)24(17)21-18/h3,8,10-11,13H,1-2,4-7,9H2,(H,19,20,21). The zero-order chi connectivity index (χ0) is 18.4. The Morgan fingerprint density at radius 3 is 2.74 bits per heavy atom. The molecule has 140 valence electrons. The summed E-state index contributed by atoms with van der Waals surface area (Å²) in [6.07, 6.45) is 2.65. The van der Waals surface area contributed by atoms with Crippen molar-refractivity contribution in [3.63, 3.8) is 0 Å². The number of piperazine rings is 1. The minimum Gasteiger partial charge on any atom is -0.339 e. The number of hydrogen-bond donors (Lipinski definition) is 1. The number of anilines is 1. The van der Waals surface area contributed by atoms with Gasteiger partial charge in [0.15, 0.2) is 0 Å². The van der Waals surface area contributed by atoms with Crippen molar-refractivity contribution in [1.29, 1.82) is 0 Å². The molecule has 1 aliphatic heterocycles. The number of nitrogens with one attached hydrogen (secondary N) is 1. The van der Waals surface area contributed by atoms with Gasteiger partial charge in [-0.2, -0.15) is 20.8 Å². The Hall–Kier alpha value is -2.68. The first-order valence-corrected chi connectivity index (χ1v) is 10.2. The van der Waals surface area contributed by atoms with Crippen LogP contribution in [0, 0.1) is 0 Å². The van der Waals surface area contributed by atoms with Crippen LogP contribution in [0.5, 0.6) is 0 Å². The van der Waals surface area contributed by atoms with Gasteiger partial charge in [0, 0.05) is 38.2 Å². The predicted molar refractivity (Wildman–Crippen MR) is 102 cm³/mol. The van der Waals surface area contributed by atoms with E-state index in [0.29, 0.717) is 50.2 Å². The van der Waals surface area contributed by atoms with Crippen molar-refractivity contribution in [1.82, 2.24) is 24.5 Å². The van der Waals surface area contributed by atoms with Gasteiger partial charge in [-0.3, -0.25) is 14.7 Å². The predicted octanol–water partition coefficient (Wildman–Crippen LogP) is 1.25. The summed E-state index contributed by atoms with van der Waals surface area (Å²) in [4.78, 5) is 37.7. The lowest BCUT2D eigenvalue weighted by Crippen LogP contribution is -2.49. The molecule has 8 nitrogen and oxygen atoms in total. The van der Waals surface area contributed by atoms with Gasteiger partial charge in [0.2, 0.25) is 11.9 Å². The summed E-state index contributed by atoms with van der Waals surface area (Å²) in [7, 11) is 0. The van der Waals surface area contributed by atoms with Crippen LogP contribution in [-0.2, 0) is 11.2 Å². The zero-order valence-electron chi connectivity index (χ0n) is 14.8. The molecule has 2 fully saturated rings. The highest BCUT2D eigenvalue weighted by molar-refractivity contribution is 7.08. The van der Waals surface area contributed by atoms with E-state index in [1.165, 1.54) is 4.52 Å². The highest BCUT2D eigenvalue weighted by Gasteiger charge is 2.27. The maximum atomic E-state index is 12.4. The van der Waals surface area contributed by atoms with Gasteiger partial charge in [0.1, 0.15) is 0 Å². The smallest absolute Gasteiger partial charge is 0.274 e. The first-order chi connectivity index (χ1) is 13.2. The van der Waals surface area contributed by atoms with E-state index in [4.69, 9.17) is 0 Å². The first-order valence-electron chi connectivity index (χ1n) is 9.21. The number of hydrogen-bond acceptors (Lipinski definition) is 6. The van der Waals surface area contributed by atoms with Crippen molar-refractivity contribution in [2.45, 2.75) is 25.2 Å². The van der Waals surface area contributed by atoms with E-state index in [-0.39, 0.29) is 11.5 Å². The summed E-state index contributed by atoms with van der Waals surface area (Å²) < 4.78 is 1.40. The Balaban J connectivity index is 1.28. The molecule has 1 N–H and O–H groups in total. The molecule has 1 saturated carbocycles. The van der Waals surface area contributed by atoms with E-state index in [0.717, 1.165) is 24.1 Å². The number of H-pyrrole nitrogens is 1. The molecule has 0 radical (unpaired) electrons. The second kappa shape index (κ2) is 6.49. The molecule has 1 aliphatic carbocycles. The normalized spacial score (nSPS) is 17.6. The van der Waals surface area contributed by atoms with Crippen molar-refractivity contribution >= 4 is 29.0 Å². The molecule has 0 spiro atoms. The number of carbonyl (C=O) groups is 1. The molecule has 4 heterocycles. The van der Waals surface area contributed by atoms with Crippen LogP contribution in [0.1, 0.15) is 30.0 Å². The van der Waals surface area contributed by atoms with Crippen molar-refractivity contribution in [2.75, 3.05) is 31.1 Å². The van der Waals surface area contributed by atoms with Gasteiger partial charge < -0.3 is 9.80 Å². The van der Waals surface area contributed by atoms with E-state index >= 15 is 0 Å². The second-order valence-corrected chi connectivity index (χ2v) is 7.93. The first kappa shape index (κ1) is 16.5. The van der Waals surface area contributed by atoms with Crippen molar-refractivity contribution in [2.24, 2.45) is 0 Å². The number of thiophene rings is 1. The van der Waals surface area contributed by atoms with Gasteiger partial charge in [-0.1, -0.05) is 0 Å². The molecule has 0 aromatic carbocycles. The Kier molecular flexibility index (Phi) is 3.96. The SMILES string of the molecule is O=C(Cc1ccsc1)N1CCN(c2nc3nc(C4CC4)cc(=O)n3[nH]2)CC1. The van der Waals surface area contributed by atoms with Crippen LogP contribution in [0.2, 0.25) is 0 Å².